The van der Waals surface area contributed by atoms with Crippen molar-refractivity contribution in [1.29, 1.82) is 0 Å². The quantitative estimate of drug-likeness (QED) is 0.443. The van der Waals surface area contributed by atoms with Gasteiger partial charge in [0.25, 0.3) is 17.4 Å². The summed E-state index contributed by atoms with van der Waals surface area (Å²) in [6, 6.07) is 2.81. The molecule has 1 aromatic carbocycles. The van der Waals surface area contributed by atoms with E-state index >= 15 is 0 Å². The fourth-order valence-corrected chi connectivity index (χ4v) is 2.92. The van der Waals surface area contributed by atoms with E-state index in [1.807, 2.05) is 5.32 Å². The van der Waals surface area contributed by atoms with Gasteiger partial charge in [-0.2, -0.15) is 4.39 Å². The summed E-state index contributed by atoms with van der Waals surface area (Å²) in [6.07, 6.45) is 0. The number of hydrogen-bond acceptors (Lipinski definition) is 6. The van der Waals surface area contributed by atoms with Gasteiger partial charge in [-0.3, -0.25) is 34.4 Å². The van der Waals surface area contributed by atoms with Crippen molar-refractivity contribution in [2.75, 3.05) is 5.73 Å². The van der Waals surface area contributed by atoms with E-state index in [-0.39, 0.29) is 15.6 Å². The van der Waals surface area contributed by atoms with Crippen LogP contribution >= 0.6 is 15.9 Å². The maximum atomic E-state index is 13.9. The maximum Gasteiger partial charge on any atom is 0.329 e. The SMILES string of the molecule is Nc1c2c(cc(=O)n1-c1c(Br)ccc(F)c1[N+](=O)[O-])C(=O)NC2=O. The van der Waals surface area contributed by atoms with Crippen LogP contribution < -0.4 is 16.6 Å². The van der Waals surface area contributed by atoms with Crippen LogP contribution in [0.4, 0.5) is 15.9 Å². The van der Waals surface area contributed by atoms with Crippen LogP contribution in [-0.4, -0.2) is 21.3 Å². The number of halogens is 2. The number of nitro benzene ring substituents is 1. The zero-order chi connectivity index (χ0) is 17.8. The molecule has 0 unspecified atom stereocenters. The van der Waals surface area contributed by atoms with E-state index in [1.165, 1.54) is 0 Å². The summed E-state index contributed by atoms with van der Waals surface area (Å²) in [5, 5.41) is 13.2. The summed E-state index contributed by atoms with van der Waals surface area (Å²) in [4.78, 5) is 45.9. The number of nitrogens with two attached hydrogens (primary N) is 1. The Morgan fingerprint density at radius 2 is 1.92 bits per heavy atom. The summed E-state index contributed by atoms with van der Waals surface area (Å²) >= 11 is 3.01. The van der Waals surface area contributed by atoms with Gasteiger partial charge in [-0.1, -0.05) is 0 Å². The molecule has 122 valence electrons. The minimum absolute atomic E-state index is 0.00841. The molecule has 2 heterocycles. The van der Waals surface area contributed by atoms with Gasteiger partial charge in [-0.15, -0.1) is 0 Å². The Balaban J connectivity index is 2.47. The van der Waals surface area contributed by atoms with Crippen molar-refractivity contribution in [3.63, 3.8) is 0 Å². The maximum absolute atomic E-state index is 13.9. The summed E-state index contributed by atoms with van der Waals surface area (Å²) in [6.45, 7) is 0. The van der Waals surface area contributed by atoms with E-state index in [0.717, 1.165) is 18.2 Å². The Morgan fingerprint density at radius 3 is 2.54 bits per heavy atom. The molecule has 0 aliphatic carbocycles. The first-order valence-corrected chi connectivity index (χ1v) is 7.07. The molecule has 1 aliphatic rings. The number of nitrogens with one attached hydrogen (secondary N) is 1. The lowest BCUT2D eigenvalue weighted by Crippen LogP contribution is -2.25. The van der Waals surface area contributed by atoms with Gasteiger partial charge in [0.15, 0.2) is 0 Å². The molecular formula is C13H6BrFN4O5. The first-order valence-electron chi connectivity index (χ1n) is 6.28. The largest absolute Gasteiger partial charge is 0.384 e. The highest BCUT2D eigenvalue weighted by molar-refractivity contribution is 9.10. The lowest BCUT2D eigenvalue weighted by atomic mass is 10.1. The van der Waals surface area contributed by atoms with Crippen molar-refractivity contribution >= 4 is 39.2 Å². The molecule has 0 atom stereocenters. The second kappa shape index (κ2) is 5.23. The summed E-state index contributed by atoms with van der Waals surface area (Å²) in [5.74, 6) is -3.35. The number of pyridine rings is 1. The number of fused-ring (bicyclic) bond motifs is 1. The molecule has 3 N–H and O–H groups in total. The molecule has 0 saturated carbocycles. The fourth-order valence-electron chi connectivity index (χ4n) is 2.43. The van der Waals surface area contributed by atoms with Crippen molar-refractivity contribution in [1.82, 2.24) is 9.88 Å². The van der Waals surface area contributed by atoms with E-state index in [4.69, 9.17) is 5.73 Å². The van der Waals surface area contributed by atoms with Crippen molar-refractivity contribution in [3.8, 4) is 5.69 Å². The number of hydrogen-bond donors (Lipinski definition) is 2. The normalized spacial score (nSPS) is 12.9. The van der Waals surface area contributed by atoms with Gasteiger partial charge in [-0.25, -0.2) is 0 Å². The number of imide groups is 1. The Bertz CT molecular complexity index is 1020. The number of carbonyl (C=O) groups is 2. The van der Waals surface area contributed by atoms with E-state index in [0.29, 0.717) is 4.57 Å². The zero-order valence-corrected chi connectivity index (χ0v) is 13.1. The van der Waals surface area contributed by atoms with E-state index in [9.17, 15) is 28.9 Å². The van der Waals surface area contributed by atoms with E-state index in [1.54, 1.807) is 0 Å². The van der Waals surface area contributed by atoms with Gasteiger partial charge >= 0.3 is 5.69 Å². The predicted octanol–water partition coefficient (Wildman–Crippen LogP) is 1.11. The van der Waals surface area contributed by atoms with Crippen LogP contribution in [-0.2, 0) is 0 Å². The lowest BCUT2D eigenvalue weighted by Gasteiger charge is -2.13. The number of nitrogen functional groups attached to an aromatic ring is 1. The smallest absolute Gasteiger partial charge is 0.329 e. The number of nitro groups is 1. The number of rotatable bonds is 2. The molecule has 24 heavy (non-hydrogen) atoms. The Labute approximate surface area is 140 Å². The van der Waals surface area contributed by atoms with Crippen LogP contribution in [0, 0.1) is 15.9 Å². The minimum atomic E-state index is -1.19. The van der Waals surface area contributed by atoms with Gasteiger partial charge in [-0.05, 0) is 28.1 Å². The van der Waals surface area contributed by atoms with Gasteiger partial charge < -0.3 is 5.73 Å². The topological polar surface area (TPSA) is 137 Å². The van der Waals surface area contributed by atoms with Crippen molar-refractivity contribution < 1.29 is 18.9 Å². The molecule has 2 amide bonds. The highest BCUT2D eigenvalue weighted by Gasteiger charge is 2.34. The number of aromatic nitrogens is 1. The van der Waals surface area contributed by atoms with E-state index < -0.39 is 45.3 Å². The molecule has 0 saturated heterocycles. The summed E-state index contributed by atoms with van der Waals surface area (Å²) in [7, 11) is 0. The third kappa shape index (κ3) is 2.09. The Morgan fingerprint density at radius 1 is 1.25 bits per heavy atom. The van der Waals surface area contributed by atoms with Crippen molar-refractivity contribution in [2.24, 2.45) is 0 Å². The van der Waals surface area contributed by atoms with Gasteiger partial charge in [0.05, 0.1) is 16.1 Å². The molecule has 0 bridgehead atoms. The third-order valence-electron chi connectivity index (χ3n) is 3.41. The number of benzene rings is 1. The highest BCUT2D eigenvalue weighted by atomic mass is 79.9. The second-order valence-electron chi connectivity index (χ2n) is 4.76. The summed E-state index contributed by atoms with van der Waals surface area (Å²) < 4.78 is 14.5. The first-order chi connectivity index (χ1) is 11.2. The van der Waals surface area contributed by atoms with Crippen LogP contribution in [0.3, 0.4) is 0 Å². The average molecular weight is 397 g/mol. The highest BCUT2D eigenvalue weighted by Crippen LogP contribution is 2.35. The average Bonchev–Trinajstić information content (AvgIpc) is 2.76. The zero-order valence-electron chi connectivity index (χ0n) is 11.5. The standard InChI is InChI=1S/C13H6BrFN4O5/c14-5-1-2-6(15)10(19(23)24)9(5)18-7(20)3-4-8(11(18)16)13(22)17-12(4)21/h1-3H,16H2,(H,17,21,22). The predicted molar refractivity (Wildman–Crippen MR) is 82.6 cm³/mol. The van der Waals surface area contributed by atoms with Crippen LogP contribution in [0.2, 0.25) is 0 Å². The molecule has 1 aromatic heterocycles. The molecule has 9 nitrogen and oxygen atoms in total. The minimum Gasteiger partial charge on any atom is -0.384 e. The lowest BCUT2D eigenvalue weighted by molar-refractivity contribution is -0.387. The molecule has 0 spiro atoms. The number of carbonyl (C=O) groups excluding carboxylic acids is 2. The van der Waals surface area contributed by atoms with Crippen LogP contribution in [0.15, 0.2) is 27.5 Å². The van der Waals surface area contributed by atoms with Crippen LogP contribution in [0.25, 0.3) is 5.69 Å². The molecule has 3 rings (SSSR count). The molecule has 0 fully saturated rings. The second-order valence-corrected chi connectivity index (χ2v) is 5.61. The number of anilines is 1. The van der Waals surface area contributed by atoms with Crippen LogP contribution in [0.5, 0.6) is 0 Å². The molecule has 0 radical (unpaired) electrons. The number of nitrogens with zero attached hydrogens (tertiary/aromatic N) is 2. The third-order valence-corrected chi connectivity index (χ3v) is 4.05. The summed E-state index contributed by atoms with van der Waals surface area (Å²) in [5.41, 5.74) is 2.85. The molecule has 2 aromatic rings. The fraction of sp³-hybridized carbons (Fsp3) is 0. The van der Waals surface area contributed by atoms with E-state index in [2.05, 4.69) is 15.9 Å². The van der Waals surface area contributed by atoms with Gasteiger partial charge in [0.1, 0.15) is 11.5 Å². The Kier molecular flexibility index (Phi) is 3.44. The van der Waals surface area contributed by atoms with Gasteiger partial charge in [0.2, 0.25) is 5.82 Å². The van der Waals surface area contributed by atoms with Crippen LogP contribution in [0.1, 0.15) is 20.7 Å². The number of amides is 2. The van der Waals surface area contributed by atoms with Crippen molar-refractivity contribution in [2.45, 2.75) is 0 Å². The van der Waals surface area contributed by atoms with Gasteiger partial charge in [0, 0.05) is 10.5 Å². The first kappa shape index (κ1) is 15.8. The Hall–Kier alpha value is -3.08. The monoisotopic (exact) mass is 396 g/mol. The molecular weight excluding hydrogens is 391 g/mol. The molecule has 1 aliphatic heterocycles. The van der Waals surface area contributed by atoms with Crippen molar-refractivity contribution in [3.05, 3.63) is 60.1 Å². The molecule has 11 heteroatoms.